The van der Waals surface area contributed by atoms with Gasteiger partial charge in [0, 0.05) is 19.1 Å². The number of nitrogens with zero attached hydrogens (tertiary/aromatic N) is 1. The fourth-order valence-electron chi connectivity index (χ4n) is 3.84. The van der Waals surface area contributed by atoms with Crippen molar-refractivity contribution >= 4 is 15.9 Å². The van der Waals surface area contributed by atoms with Gasteiger partial charge >= 0.3 is 0 Å². The third-order valence-electron chi connectivity index (χ3n) is 5.43. The van der Waals surface area contributed by atoms with Crippen LogP contribution in [0.4, 0.5) is 0 Å². The maximum absolute atomic E-state index is 12.9. The van der Waals surface area contributed by atoms with Gasteiger partial charge in [-0.25, -0.2) is 8.42 Å². The number of rotatable bonds is 4. The molecule has 1 saturated heterocycles. The van der Waals surface area contributed by atoms with E-state index in [0.717, 1.165) is 18.4 Å². The van der Waals surface area contributed by atoms with Crippen LogP contribution in [0.25, 0.3) is 0 Å². The zero-order valence-electron chi connectivity index (χ0n) is 15.2. The number of carbonyl (C=O) groups is 1. The first-order chi connectivity index (χ1) is 12.4. The highest BCUT2D eigenvalue weighted by Gasteiger charge is 2.34. The first-order valence-corrected chi connectivity index (χ1v) is 10.9. The Hall–Kier alpha value is -1.44. The third kappa shape index (κ3) is 4.45. The van der Waals surface area contributed by atoms with E-state index in [9.17, 15) is 18.3 Å². The molecule has 2 N–H and O–H groups in total. The zero-order chi connectivity index (χ0) is 18.7. The van der Waals surface area contributed by atoms with Crippen LogP contribution in [0.5, 0.6) is 0 Å². The third-order valence-corrected chi connectivity index (χ3v) is 7.29. The van der Waals surface area contributed by atoms with Gasteiger partial charge in [-0.3, -0.25) is 4.79 Å². The maximum atomic E-state index is 12.9. The molecule has 1 aliphatic carbocycles. The second-order valence-corrected chi connectivity index (χ2v) is 9.47. The molecule has 144 valence electrons. The fraction of sp³-hybridized carbons (Fsp3) is 0.632. The monoisotopic (exact) mass is 380 g/mol. The van der Waals surface area contributed by atoms with Crippen LogP contribution in [0, 0.1) is 12.8 Å². The molecule has 3 rings (SSSR count). The van der Waals surface area contributed by atoms with E-state index < -0.39 is 10.0 Å². The van der Waals surface area contributed by atoms with Crippen molar-refractivity contribution in [2.45, 2.75) is 62.5 Å². The van der Waals surface area contributed by atoms with Gasteiger partial charge in [0.1, 0.15) is 0 Å². The summed E-state index contributed by atoms with van der Waals surface area (Å²) in [5.74, 6) is -0.370. The average Bonchev–Trinajstić information content (AvgIpc) is 2.63. The van der Waals surface area contributed by atoms with Crippen molar-refractivity contribution in [3.05, 3.63) is 29.8 Å². The van der Waals surface area contributed by atoms with E-state index in [0.29, 0.717) is 37.1 Å². The Morgan fingerprint density at radius 1 is 1.19 bits per heavy atom. The first kappa shape index (κ1) is 19.3. The predicted molar refractivity (Wildman–Crippen MR) is 99.1 cm³/mol. The number of aliphatic hydroxyl groups excluding tert-OH is 1. The Labute approximate surface area is 155 Å². The van der Waals surface area contributed by atoms with Gasteiger partial charge in [0.25, 0.3) is 0 Å². The highest BCUT2D eigenvalue weighted by Crippen LogP contribution is 2.25. The van der Waals surface area contributed by atoms with Gasteiger partial charge in [0.05, 0.1) is 16.9 Å². The Morgan fingerprint density at radius 2 is 1.92 bits per heavy atom. The minimum Gasteiger partial charge on any atom is -0.393 e. The summed E-state index contributed by atoms with van der Waals surface area (Å²) in [7, 11) is -3.57. The minimum atomic E-state index is -3.57. The fourth-order valence-corrected chi connectivity index (χ4v) is 5.47. The molecular formula is C19H28N2O4S. The molecule has 26 heavy (non-hydrogen) atoms. The van der Waals surface area contributed by atoms with Crippen LogP contribution in [-0.4, -0.2) is 49.0 Å². The van der Waals surface area contributed by atoms with E-state index in [2.05, 4.69) is 5.32 Å². The van der Waals surface area contributed by atoms with Gasteiger partial charge in [-0.1, -0.05) is 12.1 Å². The molecule has 1 aromatic rings. The largest absolute Gasteiger partial charge is 0.393 e. The zero-order valence-corrected chi connectivity index (χ0v) is 16.0. The van der Waals surface area contributed by atoms with E-state index in [1.165, 1.54) is 4.31 Å². The van der Waals surface area contributed by atoms with Crippen LogP contribution in [0.1, 0.15) is 44.1 Å². The van der Waals surface area contributed by atoms with E-state index in [4.69, 9.17) is 0 Å². The quantitative estimate of drug-likeness (QED) is 0.834. The summed E-state index contributed by atoms with van der Waals surface area (Å²) in [4.78, 5) is 12.9. The van der Waals surface area contributed by atoms with Crippen molar-refractivity contribution in [3.8, 4) is 0 Å². The van der Waals surface area contributed by atoms with Gasteiger partial charge in [-0.05, 0) is 63.1 Å². The standard InChI is InChI=1S/C19H28N2O4S/c1-14-4-2-6-18(12-14)26(24,25)21-11-3-5-15(13-21)19(23)20-16-7-9-17(22)10-8-16/h2,4,6,12,15-17,22H,3,5,7-11,13H2,1H3,(H,20,23)/t15-,16-,17-/m0/s1. The molecule has 6 nitrogen and oxygen atoms in total. The molecule has 1 amide bonds. The Kier molecular flexibility index (Phi) is 5.99. The van der Waals surface area contributed by atoms with Crippen LogP contribution in [0.2, 0.25) is 0 Å². The smallest absolute Gasteiger partial charge is 0.243 e. The maximum Gasteiger partial charge on any atom is 0.243 e. The lowest BCUT2D eigenvalue weighted by atomic mass is 9.92. The molecule has 0 aromatic heterocycles. The summed E-state index contributed by atoms with van der Waals surface area (Å²) in [6.07, 6.45) is 4.13. The molecule has 0 radical (unpaired) electrons. The highest BCUT2D eigenvalue weighted by molar-refractivity contribution is 7.89. The summed E-state index contributed by atoms with van der Waals surface area (Å²) in [6.45, 7) is 2.56. The van der Waals surface area contributed by atoms with Crippen molar-refractivity contribution in [3.63, 3.8) is 0 Å². The van der Waals surface area contributed by atoms with Gasteiger partial charge in [-0.2, -0.15) is 4.31 Å². The number of hydrogen-bond acceptors (Lipinski definition) is 4. The number of piperidine rings is 1. The second-order valence-electron chi connectivity index (χ2n) is 7.53. The lowest BCUT2D eigenvalue weighted by Gasteiger charge is -2.33. The van der Waals surface area contributed by atoms with Crippen LogP contribution >= 0.6 is 0 Å². The van der Waals surface area contributed by atoms with Crippen molar-refractivity contribution in [2.75, 3.05) is 13.1 Å². The predicted octanol–water partition coefficient (Wildman–Crippen LogP) is 1.82. The molecule has 1 saturated carbocycles. The lowest BCUT2D eigenvalue weighted by molar-refractivity contribution is -0.127. The van der Waals surface area contributed by atoms with E-state index in [1.54, 1.807) is 18.2 Å². The topological polar surface area (TPSA) is 86.7 Å². The summed E-state index contributed by atoms with van der Waals surface area (Å²) in [5.41, 5.74) is 0.900. The molecule has 0 unspecified atom stereocenters. The number of benzene rings is 1. The van der Waals surface area contributed by atoms with Crippen molar-refractivity contribution in [1.29, 1.82) is 0 Å². The van der Waals surface area contributed by atoms with E-state index in [1.807, 2.05) is 13.0 Å². The van der Waals surface area contributed by atoms with Crippen LogP contribution in [0.3, 0.4) is 0 Å². The Balaban J connectivity index is 1.64. The molecule has 1 aliphatic heterocycles. The van der Waals surface area contributed by atoms with Crippen LogP contribution < -0.4 is 5.32 Å². The Bertz CT molecular complexity index is 742. The molecule has 7 heteroatoms. The Morgan fingerprint density at radius 3 is 2.62 bits per heavy atom. The summed E-state index contributed by atoms with van der Waals surface area (Å²) in [5, 5.41) is 12.6. The van der Waals surface area contributed by atoms with Gasteiger partial charge in [0.2, 0.25) is 15.9 Å². The van der Waals surface area contributed by atoms with Crippen molar-refractivity contribution in [2.24, 2.45) is 5.92 Å². The average molecular weight is 381 g/mol. The summed E-state index contributed by atoms with van der Waals surface area (Å²) in [6, 6.07) is 6.99. The van der Waals surface area contributed by atoms with Gasteiger partial charge in [0.15, 0.2) is 0 Å². The molecule has 0 bridgehead atoms. The van der Waals surface area contributed by atoms with Crippen molar-refractivity contribution < 1.29 is 18.3 Å². The number of aryl methyl sites for hydroxylation is 1. The number of hydrogen-bond donors (Lipinski definition) is 2. The number of sulfonamides is 1. The summed E-state index contributed by atoms with van der Waals surface area (Å²) >= 11 is 0. The first-order valence-electron chi connectivity index (χ1n) is 9.41. The van der Waals surface area contributed by atoms with Gasteiger partial charge in [-0.15, -0.1) is 0 Å². The highest BCUT2D eigenvalue weighted by atomic mass is 32.2. The lowest BCUT2D eigenvalue weighted by Crippen LogP contribution is -2.48. The summed E-state index contributed by atoms with van der Waals surface area (Å²) < 4.78 is 27.2. The number of carbonyl (C=O) groups excluding carboxylic acids is 1. The number of nitrogens with one attached hydrogen (secondary N) is 1. The van der Waals surface area contributed by atoms with E-state index in [-0.39, 0.29) is 30.5 Å². The second kappa shape index (κ2) is 8.06. The van der Waals surface area contributed by atoms with Crippen LogP contribution in [0.15, 0.2) is 29.2 Å². The molecule has 2 aliphatic rings. The number of aliphatic hydroxyl groups is 1. The van der Waals surface area contributed by atoms with Crippen LogP contribution in [-0.2, 0) is 14.8 Å². The molecule has 1 heterocycles. The molecule has 1 atom stereocenters. The minimum absolute atomic E-state index is 0.0597. The molecule has 0 spiro atoms. The molecular weight excluding hydrogens is 352 g/mol. The normalized spacial score (nSPS) is 27.8. The van der Waals surface area contributed by atoms with Crippen molar-refractivity contribution in [1.82, 2.24) is 9.62 Å². The SMILES string of the molecule is Cc1cccc(S(=O)(=O)N2CCC[C@H](C(=O)N[C@H]3CC[C@H](O)CC3)C2)c1. The molecule has 1 aromatic carbocycles. The van der Waals surface area contributed by atoms with E-state index >= 15 is 0 Å². The molecule has 2 fully saturated rings. The van der Waals surface area contributed by atoms with Gasteiger partial charge < -0.3 is 10.4 Å². The number of amides is 1.